The summed E-state index contributed by atoms with van der Waals surface area (Å²) < 4.78 is 8.60. The van der Waals surface area contributed by atoms with Crippen LogP contribution >= 0.6 is 15.9 Å². The van der Waals surface area contributed by atoms with Crippen molar-refractivity contribution < 1.29 is 4.74 Å². The third-order valence-corrected chi connectivity index (χ3v) is 5.21. The Bertz CT molecular complexity index is 859. The summed E-state index contributed by atoms with van der Waals surface area (Å²) in [5.74, 6) is 0.972. The standard InChI is InChI=1S/C20H21BrN4O/c21-18-7-6-17(24-10-12-26-13-11-24)14-19(18)23-15-20-22-8-9-25(20)16-4-2-1-3-5-16/h1-9,14,23H,10-13,15H2. The minimum Gasteiger partial charge on any atom is -0.378 e. The molecule has 1 aliphatic heterocycles. The minimum atomic E-state index is 0.646. The molecule has 0 saturated carbocycles. The maximum atomic E-state index is 5.45. The zero-order chi connectivity index (χ0) is 17.8. The van der Waals surface area contributed by atoms with Crippen molar-refractivity contribution in [1.82, 2.24) is 9.55 Å². The van der Waals surface area contributed by atoms with E-state index in [1.54, 1.807) is 0 Å². The number of ether oxygens (including phenoxy) is 1. The number of imidazole rings is 1. The number of halogens is 1. The van der Waals surface area contributed by atoms with Crippen LogP contribution in [0.5, 0.6) is 0 Å². The number of anilines is 2. The average molecular weight is 413 g/mol. The lowest BCUT2D eigenvalue weighted by Gasteiger charge is -2.29. The van der Waals surface area contributed by atoms with Crippen molar-refractivity contribution in [3.8, 4) is 5.69 Å². The smallest absolute Gasteiger partial charge is 0.132 e. The summed E-state index contributed by atoms with van der Waals surface area (Å²) in [6.07, 6.45) is 3.83. The molecule has 0 atom stereocenters. The van der Waals surface area contributed by atoms with E-state index in [4.69, 9.17) is 4.74 Å². The van der Waals surface area contributed by atoms with Crippen LogP contribution < -0.4 is 10.2 Å². The molecular weight excluding hydrogens is 392 g/mol. The number of morpholine rings is 1. The molecule has 1 N–H and O–H groups in total. The lowest BCUT2D eigenvalue weighted by molar-refractivity contribution is 0.122. The Morgan fingerprint density at radius 1 is 1.04 bits per heavy atom. The average Bonchev–Trinajstić information content (AvgIpc) is 3.17. The second kappa shape index (κ2) is 7.93. The minimum absolute atomic E-state index is 0.646. The summed E-state index contributed by atoms with van der Waals surface area (Å²) in [5.41, 5.74) is 3.39. The van der Waals surface area contributed by atoms with Crippen molar-refractivity contribution in [3.63, 3.8) is 0 Å². The Hall–Kier alpha value is -2.31. The Morgan fingerprint density at radius 3 is 2.65 bits per heavy atom. The van der Waals surface area contributed by atoms with Crippen LogP contribution in [0.15, 0.2) is 65.4 Å². The maximum absolute atomic E-state index is 5.45. The number of nitrogens with one attached hydrogen (secondary N) is 1. The van der Waals surface area contributed by atoms with E-state index in [1.807, 2.05) is 30.6 Å². The molecule has 1 saturated heterocycles. The number of hydrogen-bond acceptors (Lipinski definition) is 4. The van der Waals surface area contributed by atoms with Crippen LogP contribution in [0.1, 0.15) is 5.82 Å². The van der Waals surface area contributed by atoms with Crippen LogP contribution in [0.25, 0.3) is 5.69 Å². The fraction of sp³-hybridized carbons (Fsp3) is 0.250. The van der Waals surface area contributed by atoms with Gasteiger partial charge in [-0.25, -0.2) is 4.98 Å². The second-order valence-electron chi connectivity index (χ2n) is 6.17. The summed E-state index contributed by atoms with van der Waals surface area (Å²) in [7, 11) is 0. The third-order valence-electron chi connectivity index (χ3n) is 4.51. The van der Waals surface area contributed by atoms with E-state index in [1.165, 1.54) is 5.69 Å². The van der Waals surface area contributed by atoms with Crippen molar-refractivity contribution in [2.75, 3.05) is 36.5 Å². The Kier molecular flexibility index (Phi) is 5.22. The van der Waals surface area contributed by atoms with Gasteiger partial charge in [0.25, 0.3) is 0 Å². The molecule has 2 heterocycles. The first-order valence-corrected chi connectivity index (χ1v) is 9.54. The highest BCUT2D eigenvalue weighted by Gasteiger charge is 2.13. The third kappa shape index (κ3) is 3.76. The first-order valence-electron chi connectivity index (χ1n) is 8.75. The molecule has 0 spiro atoms. The molecule has 0 unspecified atom stereocenters. The van der Waals surface area contributed by atoms with Gasteiger partial charge in [-0.3, -0.25) is 0 Å². The highest BCUT2D eigenvalue weighted by molar-refractivity contribution is 9.10. The van der Waals surface area contributed by atoms with Crippen molar-refractivity contribution in [3.05, 3.63) is 71.2 Å². The Balaban J connectivity index is 1.51. The molecule has 1 aliphatic rings. The highest BCUT2D eigenvalue weighted by atomic mass is 79.9. The normalized spacial score (nSPS) is 14.4. The molecule has 26 heavy (non-hydrogen) atoms. The summed E-state index contributed by atoms with van der Waals surface area (Å²) >= 11 is 3.65. The summed E-state index contributed by atoms with van der Waals surface area (Å²) in [4.78, 5) is 6.86. The van der Waals surface area contributed by atoms with E-state index < -0.39 is 0 Å². The number of hydrogen-bond donors (Lipinski definition) is 1. The summed E-state index contributed by atoms with van der Waals surface area (Å²) in [6, 6.07) is 16.7. The van der Waals surface area contributed by atoms with Gasteiger partial charge in [-0.1, -0.05) is 18.2 Å². The van der Waals surface area contributed by atoms with Gasteiger partial charge in [-0.05, 0) is 46.3 Å². The quantitative estimate of drug-likeness (QED) is 0.685. The van der Waals surface area contributed by atoms with E-state index in [0.29, 0.717) is 6.54 Å². The molecule has 6 heteroatoms. The predicted molar refractivity (Wildman–Crippen MR) is 108 cm³/mol. The van der Waals surface area contributed by atoms with E-state index in [2.05, 4.69) is 66.0 Å². The van der Waals surface area contributed by atoms with Crippen LogP contribution in [0.3, 0.4) is 0 Å². The number of nitrogens with zero attached hydrogens (tertiary/aromatic N) is 3. The molecule has 3 aromatic rings. The SMILES string of the molecule is Brc1ccc(N2CCOCC2)cc1NCc1nccn1-c1ccccc1. The fourth-order valence-corrected chi connectivity index (χ4v) is 3.52. The van der Waals surface area contributed by atoms with Gasteiger partial charge in [0.2, 0.25) is 0 Å². The van der Waals surface area contributed by atoms with E-state index in [0.717, 1.165) is 48.0 Å². The number of aromatic nitrogens is 2. The van der Waals surface area contributed by atoms with Crippen molar-refractivity contribution >= 4 is 27.3 Å². The zero-order valence-corrected chi connectivity index (χ0v) is 16.0. The summed E-state index contributed by atoms with van der Waals surface area (Å²) in [6.45, 7) is 4.08. The molecule has 1 fully saturated rings. The van der Waals surface area contributed by atoms with Crippen LogP contribution in [0.2, 0.25) is 0 Å². The molecule has 0 bridgehead atoms. The van der Waals surface area contributed by atoms with E-state index in [-0.39, 0.29) is 0 Å². The molecule has 2 aromatic carbocycles. The van der Waals surface area contributed by atoms with Crippen LogP contribution in [0.4, 0.5) is 11.4 Å². The fourth-order valence-electron chi connectivity index (χ4n) is 3.13. The van der Waals surface area contributed by atoms with Crippen LogP contribution in [0, 0.1) is 0 Å². The van der Waals surface area contributed by atoms with Crippen molar-refractivity contribution in [1.29, 1.82) is 0 Å². The molecular formula is C20H21BrN4O. The van der Waals surface area contributed by atoms with Gasteiger partial charge < -0.3 is 19.5 Å². The van der Waals surface area contributed by atoms with Crippen molar-refractivity contribution in [2.24, 2.45) is 0 Å². The Labute approximate surface area is 161 Å². The van der Waals surface area contributed by atoms with Gasteiger partial charge in [-0.15, -0.1) is 0 Å². The van der Waals surface area contributed by atoms with Gasteiger partial charge in [-0.2, -0.15) is 0 Å². The number of benzene rings is 2. The second-order valence-corrected chi connectivity index (χ2v) is 7.02. The largest absolute Gasteiger partial charge is 0.378 e. The zero-order valence-electron chi connectivity index (χ0n) is 14.4. The monoisotopic (exact) mass is 412 g/mol. The lowest BCUT2D eigenvalue weighted by Crippen LogP contribution is -2.36. The van der Waals surface area contributed by atoms with Gasteiger partial charge in [0.05, 0.1) is 25.4 Å². The maximum Gasteiger partial charge on any atom is 0.132 e. The predicted octanol–water partition coefficient (Wildman–Crippen LogP) is 4.08. The molecule has 0 aliphatic carbocycles. The van der Waals surface area contributed by atoms with Gasteiger partial charge >= 0.3 is 0 Å². The lowest BCUT2D eigenvalue weighted by atomic mass is 10.2. The summed E-state index contributed by atoms with van der Waals surface area (Å²) in [5, 5.41) is 3.52. The molecule has 134 valence electrons. The van der Waals surface area contributed by atoms with Gasteiger partial charge in [0, 0.05) is 41.3 Å². The first kappa shape index (κ1) is 17.1. The van der Waals surface area contributed by atoms with E-state index in [9.17, 15) is 0 Å². The molecule has 0 amide bonds. The van der Waals surface area contributed by atoms with Crippen LogP contribution in [-0.4, -0.2) is 35.9 Å². The topological polar surface area (TPSA) is 42.3 Å². The number of para-hydroxylation sites is 1. The molecule has 0 radical (unpaired) electrons. The molecule has 4 rings (SSSR count). The number of rotatable bonds is 5. The van der Waals surface area contributed by atoms with E-state index >= 15 is 0 Å². The highest BCUT2D eigenvalue weighted by Crippen LogP contribution is 2.29. The van der Waals surface area contributed by atoms with Gasteiger partial charge in [0.15, 0.2) is 0 Å². The molecule has 1 aromatic heterocycles. The van der Waals surface area contributed by atoms with Gasteiger partial charge in [0.1, 0.15) is 5.82 Å². The van der Waals surface area contributed by atoms with Crippen molar-refractivity contribution in [2.45, 2.75) is 6.54 Å². The van der Waals surface area contributed by atoms with Crippen LogP contribution in [-0.2, 0) is 11.3 Å². The first-order chi connectivity index (χ1) is 12.8. The molecule has 5 nitrogen and oxygen atoms in total. The Morgan fingerprint density at radius 2 is 1.85 bits per heavy atom.